The second-order valence-electron chi connectivity index (χ2n) is 5.36. The van der Waals surface area contributed by atoms with Crippen LogP contribution in [0.15, 0.2) is 17.1 Å². The molecule has 0 radical (unpaired) electrons. The van der Waals surface area contributed by atoms with Crippen molar-refractivity contribution in [2.45, 2.75) is 39.2 Å². The third-order valence-electron chi connectivity index (χ3n) is 3.24. The van der Waals surface area contributed by atoms with Crippen LogP contribution in [0.25, 0.3) is 0 Å². The molecule has 0 spiro atoms. The van der Waals surface area contributed by atoms with E-state index in [1.54, 1.807) is 16.8 Å². The molecule has 2 heterocycles. The zero-order valence-corrected chi connectivity index (χ0v) is 11.7. The summed E-state index contributed by atoms with van der Waals surface area (Å²) in [7, 11) is 0. The SMILES string of the molecule is CC(C)Cc1cc(Cl)cn([C@@H]2CCCOC2)c1=O. The minimum absolute atomic E-state index is 0.0867. The first-order valence-electron chi connectivity index (χ1n) is 6.56. The Morgan fingerprint density at radius 3 is 2.94 bits per heavy atom. The van der Waals surface area contributed by atoms with Crippen LogP contribution in [0, 0.1) is 5.92 Å². The van der Waals surface area contributed by atoms with Crippen LogP contribution < -0.4 is 5.56 Å². The predicted molar refractivity (Wildman–Crippen MR) is 73.3 cm³/mol. The molecule has 0 N–H and O–H groups in total. The first-order valence-corrected chi connectivity index (χ1v) is 6.94. The molecule has 0 aliphatic carbocycles. The first-order chi connectivity index (χ1) is 8.58. The molecule has 1 aliphatic heterocycles. The average molecular weight is 270 g/mol. The molecule has 1 aromatic heterocycles. The summed E-state index contributed by atoms with van der Waals surface area (Å²) >= 11 is 6.12. The van der Waals surface area contributed by atoms with Crippen molar-refractivity contribution in [1.29, 1.82) is 0 Å². The van der Waals surface area contributed by atoms with E-state index in [1.165, 1.54) is 0 Å². The minimum Gasteiger partial charge on any atom is -0.379 e. The van der Waals surface area contributed by atoms with Crippen LogP contribution in [-0.2, 0) is 11.2 Å². The highest BCUT2D eigenvalue weighted by Gasteiger charge is 2.18. The third kappa shape index (κ3) is 3.15. The van der Waals surface area contributed by atoms with Crippen LogP contribution in [0.1, 0.15) is 38.3 Å². The molecule has 3 nitrogen and oxygen atoms in total. The maximum absolute atomic E-state index is 12.4. The van der Waals surface area contributed by atoms with Crippen molar-refractivity contribution in [2.75, 3.05) is 13.2 Å². The summed E-state index contributed by atoms with van der Waals surface area (Å²) in [6.07, 6.45) is 4.50. The number of pyridine rings is 1. The summed E-state index contributed by atoms with van der Waals surface area (Å²) in [5.41, 5.74) is 0.895. The number of hydrogen-bond donors (Lipinski definition) is 0. The topological polar surface area (TPSA) is 31.2 Å². The highest BCUT2D eigenvalue weighted by atomic mass is 35.5. The summed E-state index contributed by atoms with van der Waals surface area (Å²) in [5.74, 6) is 0.451. The lowest BCUT2D eigenvalue weighted by Gasteiger charge is -2.25. The van der Waals surface area contributed by atoms with Crippen molar-refractivity contribution >= 4 is 11.6 Å². The molecule has 0 saturated carbocycles. The normalized spacial score (nSPS) is 20.3. The third-order valence-corrected chi connectivity index (χ3v) is 3.45. The fraction of sp³-hybridized carbons (Fsp3) is 0.643. The van der Waals surface area contributed by atoms with Crippen LogP contribution in [0.2, 0.25) is 5.02 Å². The van der Waals surface area contributed by atoms with Crippen molar-refractivity contribution in [3.05, 3.63) is 33.2 Å². The van der Waals surface area contributed by atoms with Gasteiger partial charge in [0.2, 0.25) is 0 Å². The van der Waals surface area contributed by atoms with Gasteiger partial charge in [-0.15, -0.1) is 0 Å². The van der Waals surface area contributed by atoms with Crippen LogP contribution in [0.5, 0.6) is 0 Å². The summed E-state index contributed by atoms with van der Waals surface area (Å²) in [5, 5.41) is 0.635. The van der Waals surface area contributed by atoms with Gasteiger partial charge < -0.3 is 9.30 Å². The monoisotopic (exact) mass is 269 g/mol. The summed E-state index contributed by atoms with van der Waals surface area (Å²) < 4.78 is 7.21. The second-order valence-corrected chi connectivity index (χ2v) is 5.80. The second kappa shape index (κ2) is 5.89. The maximum atomic E-state index is 12.4. The summed E-state index contributed by atoms with van der Waals surface area (Å²) in [6, 6.07) is 1.93. The molecule has 1 atom stereocenters. The highest BCUT2D eigenvalue weighted by Crippen LogP contribution is 2.20. The quantitative estimate of drug-likeness (QED) is 0.845. The van der Waals surface area contributed by atoms with E-state index < -0.39 is 0 Å². The molecule has 0 amide bonds. The standard InChI is InChI=1S/C14H20ClNO2/c1-10(2)6-11-7-12(15)8-16(14(11)17)13-4-3-5-18-9-13/h7-8,10,13H,3-6,9H2,1-2H3/t13-/m1/s1. The number of nitrogens with zero attached hydrogens (tertiary/aromatic N) is 1. The number of aromatic nitrogens is 1. The molecular formula is C14H20ClNO2. The van der Waals surface area contributed by atoms with Crippen molar-refractivity contribution in [1.82, 2.24) is 4.57 Å². The van der Waals surface area contributed by atoms with Gasteiger partial charge in [-0.2, -0.15) is 0 Å². The van der Waals surface area contributed by atoms with Crippen molar-refractivity contribution in [3.8, 4) is 0 Å². The molecule has 1 fully saturated rings. The van der Waals surface area contributed by atoms with E-state index in [0.29, 0.717) is 17.5 Å². The molecule has 1 aliphatic rings. The molecule has 4 heteroatoms. The largest absolute Gasteiger partial charge is 0.379 e. The molecule has 100 valence electrons. The van der Waals surface area contributed by atoms with E-state index in [9.17, 15) is 4.79 Å². The van der Waals surface area contributed by atoms with E-state index in [4.69, 9.17) is 16.3 Å². The lowest BCUT2D eigenvalue weighted by molar-refractivity contribution is 0.0579. The molecular weight excluding hydrogens is 250 g/mol. The van der Waals surface area contributed by atoms with Gasteiger partial charge in [0.15, 0.2) is 0 Å². The van der Waals surface area contributed by atoms with E-state index in [0.717, 1.165) is 31.4 Å². The van der Waals surface area contributed by atoms with Crippen LogP contribution in [-0.4, -0.2) is 17.8 Å². The number of ether oxygens (including phenoxy) is 1. The van der Waals surface area contributed by atoms with Crippen molar-refractivity contribution in [3.63, 3.8) is 0 Å². The first kappa shape index (κ1) is 13.6. The minimum atomic E-state index is 0.0867. The molecule has 0 aromatic carbocycles. The summed E-state index contributed by atoms with van der Waals surface area (Å²) in [4.78, 5) is 12.4. The number of rotatable bonds is 3. The molecule has 1 saturated heterocycles. The van der Waals surface area contributed by atoms with Gasteiger partial charge in [-0.3, -0.25) is 4.79 Å². The Labute approximate surface area is 113 Å². The number of hydrogen-bond acceptors (Lipinski definition) is 2. The molecule has 1 aromatic rings. The Hall–Kier alpha value is -0.800. The van der Waals surface area contributed by atoms with Crippen LogP contribution in [0.3, 0.4) is 0 Å². The van der Waals surface area contributed by atoms with Crippen molar-refractivity contribution < 1.29 is 4.74 Å². The maximum Gasteiger partial charge on any atom is 0.254 e. The zero-order valence-electron chi connectivity index (χ0n) is 11.0. The van der Waals surface area contributed by atoms with E-state index in [1.807, 2.05) is 0 Å². The van der Waals surface area contributed by atoms with E-state index >= 15 is 0 Å². The fourth-order valence-corrected chi connectivity index (χ4v) is 2.66. The highest BCUT2D eigenvalue weighted by molar-refractivity contribution is 6.30. The van der Waals surface area contributed by atoms with Gasteiger partial charge in [-0.25, -0.2) is 0 Å². The Kier molecular flexibility index (Phi) is 4.46. The number of halogens is 1. The smallest absolute Gasteiger partial charge is 0.254 e. The van der Waals surface area contributed by atoms with Gasteiger partial charge in [-0.05, 0) is 31.2 Å². The fourth-order valence-electron chi connectivity index (χ4n) is 2.42. The van der Waals surface area contributed by atoms with Gasteiger partial charge in [0.1, 0.15) is 0 Å². The van der Waals surface area contributed by atoms with Gasteiger partial charge in [-0.1, -0.05) is 25.4 Å². The molecule has 0 unspecified atom stereocenters. The lowest BCUT2D eigenvalue weighted by atomic mass is 10.0. The van der Waals surface area contributed by atoms with Gasteiger partial charge in [0.05, 0.1) is 17.7 Å². The zero-order chi connectivity index (χ0) is 13.1. The molecule has 0 bridgehead atoms. The molecule has 18 heavy (non-hydrogen) atoms. The summed E-state index contributed by atoms with van der Waals surface area (Å²) in [6.45, 7) is 5.62. The Balaban J connectivity index is 2.34. The lowest BCUT2D eigenvalue weighted by Crippen LogP contribution is -2.32. The Bertz CT molecular complexity index is 461. The van der Waals surface area contributed by atoms with Crippen LogP contribution >= 0.6 is 11.6 Å². The van der Waals surface area contributed by atoms with Crippen molar-refractivity contribution in [2.24, 2.45) is 5.92 Å². The molecule has 2 rings (SSSR count). The van der Waals surface area contributed by atoms with Gasteiger partial charge in [0.25, 0.3) is 5.56 Å². The average Bonchev–Trinajstić information content (AvgIpc) is 2.34. The Morgan fingerprint density at radius 1 is 1.56 bits per heavy atom. The van der Waals surface area contributed by atoms with E-state index in [-0.39, 0.29) is 11.6 Å². The van der Waals surface area contributed by atoms with Crippen LogP contribution in [0.4, 0.5) is 0 Å². The predicted octanol–water partition coefficient (Wildman–Crippen LogP) is 3.05. The van der Waals surface area contributed by atoms with E-state index in [2.05, 4.69) is 13.8 Å². The van der Waals surface area contributed by atoms with Gasteiger partial charge in [0, 0.05) is 18.4 Å². The van der Waals surface area contributed by atoms with Gasteiger partial charge >= 0.3 is 0 Å². The Morgan fingerprint density at radius 2 is 2.33 bits per heavy atom.